The molecule has 24 heavy (non-hydrogen) atoms. The molecule has 1 saturated heterocycles. The third-order valence-electron chi connectivity index (χ3n) is 4.33. The Kier molecular flexibility index (Phi) is 7.46. The van der Waals surface area contributed by atoms with Crippen LogP contribution in [-0.4, -0.2) is 57.9 Å². The molecule has 0 radical (unpaired) electrons. The maximum absolute atomic E-state index is 13.1. The molecule has 1 N–H and O–H groups in total. The predicted octanol–water partition coefficient (Wildman–Crippen LogP) is 2.45. The first-order chi connectivity index (χ1) is 11.7. The van der Waals surface area contributed by atoms with Crippen LogP contribution < -0.4 is 5.32 Å². The van der Waals surface area contributed by atoms with E-state index < -0.39 is 0 Å². The number of nitrogens with zero attached hydrogens (tertiary/aromatic N) is 2. The Morgan fingerprint density at radius 1 is 1.42 bits per heavy atom. The number of halogens is 1. The molecule has 2 unspecified atom stereocenters. The summed E-state index contributed by atoms with van der Waals surface area (Å²) in [6.45, 7) is 6.10. The summed E-state index contributed by atoms with van der Waals surface area (Å²) in [4.78, 5) is 6.62. The van der Waals surface area contributed by atoms with Crippen LogP contribution in [0, 0.1) is 11.7 Å². The van der Waals surface area contributed by atoms with E-state index in [4.69, 9.17) is 9.47 Å². The van der Waals surface area contributed by atoms with Crippen LogP contribution in [0.2, 0.25) is 0 Å². The molecule has 1 aromatic carbocycles. The number of guanidine groups is 1. The Labute approximate surface area is 143 Å². The van der Waals surface area contributed by atoms with Crippen LogP contribution in [0.15, 0.2) is 29.3 Å². The van der Waals surface area contributed by atoms with Crippen LogP contribution in [0.5, 0.6) is 0 Å². The summed E-state index contributed by atoms with van der Waals surface area (Å²) in [7, 11) is 3.45. The third-order valence-corrected chi connectivity index (χ3v) is 4.33. The smallest absolute Gasteiger partial charge is 0.193 e. The minimum absolute atomic E-state index is 0.149. The van der Waals surface area contributed by atoms with Crippen molar-refractivity contribution in [2.24, 2.45) is 10.9 Å². The second kappa shape index (κ2) is 9.59. The van der Waals surface area contributed by atoms with Crippen molar-refractivity contribution < 1.29 is 13.9 Å². The van der Waals surface area contributed by atoms with E-state index in [-0.39, 0.29) is 11.9 Å². The van der Waals surface area contributed by atoms with Crippen LogP contribution in [-0.2, 0) is 9.47 Å². The average molecular weight is 337 g/mol. The molecular formula is C18H28FN3O2. The standard InChI is InChI=1S/C18H28FN3O2/c1-4-24-13-14-9-10-22(12-14)18(20-2)21-11-17(23-3)15-5-7-16(19)8-6-15/h5-8,14,17H,4,9-13H2,1-3H3,(H,20,21). The molecule has 0 aliphatic carbocycles. The molecule has 2 rings (SSSR count). The van der Waals surface area contributed by atoms with Crippen molar-refractivity contribution in [1.29, 1.82) is 0 Å². The second-order valence-electron chi connectivity index (χ2n) is 5.96. The molecular weight excluding hydrogens is 309 g/mol. The maximum atomic E-state index is 13.1. The van der Waals surface area contributed by atoms with Crippen molar-refractivity contribution in [2.75, 3.05) is 47.0 Å². The van der Waals surface area contributed by atoms with Crippen LogP contribution in [0.1, 0.15) is 25.0 Å². The normalized spacial score (nSPS) is 19.6. The van der Waals surface area contributed by atoms with Gasteiger partial charge in [0.15, 0.2) is 5.96 Å². The summed E-state index contributed by atoms with van der Waals surface area (Å²) >= 11 is 0. The van der Waals surface area contributed by atoms with Gasteiger partial charge in [-0.1, -0.05) is 12.1 Å². The quantitative estimate of drug-likeness (QED) is 0.613. The van der Waals surface area contributed by atoms with Gasteiger partial charge in [-0.3, -0.25) is 4.99 Å². The molecule has 134 valence electrons. The van der Waals surface area contributed by atoms with E-state index in [1.165, 1.54) is 12.1 Å². The summed E-state index contributed by atoms with van der Waals surface area (Å²) in [6.07, 6.45) is 0.969. The lowest BCUT2D eigenvalue weighted by Gasteiger charge is -2.24. The topological polar surface area (TPSA) is 46.1 Å². The summed E-state index contributed by atoms with van der Waals surface area (Å²) in [6, 6.07) is 6.41. The van der Waals surface area contributed by atoms with Gasteiger partial charge in [0.1, 0.15) is 5.82 Å². The number of benzene rings is 1. The zero-order chi connectivity index (χ0) is 17.4. The number of likely N-dealkylation sites (tertiary alicyclic amines) is 1. The number of hydrogen-bond acceptors (Lipinski definition) is 3. The summed E-state index contributed by atoms with van der Waals surface area (Å²) in [5.41, 5.74) is 0.942. The number of nitrogens with one attached hydrogen (secondary N) is 1. The zero-order valence-electron chi connectivity index (χ0n) is 14.8. The first-order valence-corrected chi connectivity index (χ1v) is 8.49. The van der Waals surface area contributed by atoms with Gasteiger partial charge in [-0.25, -0.2) is 4.39 Å². The molecule has 1 heterocycles. The van der Waals surface area contributed by atoms with E-state index in [1.54, 1.807) is 26.3 Å². The van der Waals surface area contributed by atoms with Gasteiger partial charge in [-0.05, 0) is 31.0 Å². The minimum atomic E-state index is -0.241. The van der Waals surface area contributed by atoms with E-state index in [2.05, 4.69) is 15.2 Å². The van der Waals surface area contributed by atoms with Crippen molar-refractivity contribution >= 4 is 5.96 Å². The lowest BCUT2D eigenvalue weighted by atomic mass is 10.1. The van der Waals surface area contributed by atoms with Gasteiger partial charge >= 0.3 is 0 Å². The van der Waals surface area contributed by atoms with Crippen molar-refractivity contribution in [2.45, 2.75) is 19.4 Å². The van der Waals surface area contributed by atoms with E-state index in [0.29, 0.717) is 12.5 Å². The van der Waals surface area contributed by atoms with Crippen LogP contribution in [0.25, 0.3) is 0 Å². The molecule has 0 bridgehead atoms. The van der Waals surface area contributed by atoms with Crippen molar-refractivity contribution in [3.63, 3.8) is 0 Å². The third kappa shape index (κ3) is 5.18. The number of methoxy groups -OCH3 is 1. The zero-order valence-corrected chi connectivity index (χ0v) is 14.8. The highest BCUT2D eigenvalue weighted by molar-refractivity contribution is 5.80. The first-order valence-electron chi connectivity index (χ1n) is 8.49. The SMILES string of the molecule is CCOCC1CCN(C(=NC)NCC(OC)c2ccc(F)cc2)C1. The van der Waals surface area contributed by atoms with Crippen molar-refractivity contribution in [1.82, 2.24) is 10.2 Å². The minimum Gasteiger partial charge on any atom is -0.381 e. The Morgan fingerprint density at radius 2 is 2.17 bits per heavy atom. The lowest BCUT2D eigenvalue weighted by molar-refractivity contribution is 0.105. The summed E-state index contributed by atoms with van der Waals surface area (Å²) in [5.74, 6) is 1.19. The van der Waals surface area contributed by atoms with Gasteiger partial charge in [-0.2, -0.15) is 0 Å². The molecule has 0 saturated carbocycles. The maximum Gasteiger partial charge on any atom is 0.193 e. The lowest BCUT2D eigenvalue weighted by Crippen LogP contribution is -2.42. The van der Waals surface area contributed by atoms with Crippen LogP contribution in [0.3, 0.4) is 0 Å². The van der Waals surface area contributed by atoms with E-state index in [0.717, 1.165) is 44.2 Å². The van der Waals surface area contributed by atoms with Crippen LogP contribution in [0.4, 0.5) is 4.39 Å². The van der Waals surface area contributed by atoms with E-state index in [1.807, 2.05) is 6.92 Å². The van der Waals surface area contributed by atoms with Gasteiger partial charge in [-0.15, -0.1) is 0 Å². The van der Waals surface area contributed by atoms with Gasteiger partial charge in [0.2, 0.25) is 0 Å². The average Bonchev–Trinajstić information content (AvgIpc) is 3.07. The molecule has 5 nitrogen and oxygen atoms in total. The van der Waals surface area contributed by atoms with Gasteiger partial charge < -0.3 is 19.7 Å². The molecule has 0 aromatic heterocycles. The Hall–Kier alpha value is -1.66. The van der Waals surface area contributed by atoms with Gasteiger partial charge in [0, 0.05) is 46.3 Å². The monoisotopic (exact) mass is 337 g/mol. The fraction of sp³-hybridized carbons (Fsp3) is 0.611. The van der Waals surface area contributed by atoms with Crippen molar-refractivity contribution in [3.05, 3.63) is 35.6 Å². The van der Waals surface area contributed by atoms with Crippen LogP contribution >= 0.6 is 0 Å². The molecule has 2 atom stereocenters. The highest BCUT2D eigenvalue weighted by Gasteiger charge is 2.25. The second-order valence-corrected chi connectivity index (χ2v) is 5.96. The fourth-order valence-corrected chi connectivity index (χ4v) is 2.98. The summed E-state index contributed by atoms with van der Waals surface area (Å²) in [5, 5.41) is 3.37. The van der Waals surface area contributed by atoms with Gasteiger partial charge in [0.25, 0.3) is 0 Å². The largest absolute Gasteiger partial charge is 0.381 e. The first kappa shape index (κ1) is 18.7. The predicted molar refractivity (Wildman–Crippen MR) is 93.7 cm³/mol. The molecule has 0 amide bonds. The number of rotatable bonds is 7. The van der Waals surface area contributed by atoms with E-state index in [9.17, 15) is 4.39 Å². The van der Waals surface area contributed by atoms with Crippen molar-refractivity contribution in [3.8, 4) is 0 Å². The number of aliphatic imine (C=N–C) groups is 1. The fourth-order valence-electron chi connectivity index (χ4n) is 2.98. The highest BCUT2D eigenvalue weighted by Crippen LogP contribution is 2.18. The van der Waals surface area contributed by atoms with E-state index >= 15 is 0 Å². The molecule has 1 aliphatic rings. The molecule has 1 aromatic rings. The number of ether oxygens (including phenoxy) is 2. The molecule has 6 heteroatoms. The van der Waals surface area contributed by atoms with Gasteiger partial charge in [0.05, 0.1) is 12.7 Å². The Balaban J connectivity index is 1.87. The summed E-state index contributed by atoms with van der Waals surface area (Å²) < 4.78 is 24.1. The Bertz CT molecular complexity index is 522. The highest BCUT2D eigenvalue weighted by atomic mass is 19.1. The Morgan fingerprint density at radius 3 is 2.79 bits per heavy atom. The number of hydrogen-bond donors (Lipinski definition) is 1. The molecule has 1 fully saturated rings. The molecule has 1 aliphatic heterocycles. The molecule has 0 spiro atoms.